The Hall–Kier alpha value is -2.10. The molecular formula is C21H26N2O5S2. The van der Waals surface area contributed by atoms with Crippen molar-refractivity contribution in [3.63, 3.8) is 0 Å². The predicted octanol–water partition coefficient (Wildman–Crippen LogP) is 3.36. The van der Waals surface area contributed by atoms with Gasteiger partial charge in [0.15, 0.2) is 11.5 Å². The van der Waals surface area contributed by atoms with Gasteiger partial charge >= 0.3 is 0 Å². The molecule has 3 heterocycles. The second-order valence-corrected chi connectivity index (χ2v) is 10.2. The third-order valence-corrected chi connectivity index (χ3v) is 8.41. The van der Waals surface area contributed by atoms with E-state index in [1.54, 1.807) is 16.3 Å². The van der Waals surface area contributed by atoms with Crippen molar-refractivity contribution in [2.24, 2.45) is 0 Å². The van der Waals surface area contributed by atoms with Gasteiger partial charge < -0.3 is 14.4 Å². The van der Waals surface area contributed by atoms with Gasteiger partial charge in [0, 0.05) is 31.7 Å². The van der Waals surface area contributed by atoms with Crippen LogP contribution in [0.4, 0.5) is 0 Å². The lowest BCUT2D eigenvalue weighted by molar-refractivity contribution is 0.0750. The van der Waals surface area contributed by atoms with E-state index < -0.39 is 10.0 Å². The molecule has 1 amide bonds. The highest BCUT2D eigenvalue weighted by molar-refractivity contribution is 7.89. The molecule has 1 aromatic carbocycles. The summed E-state index contributed by atoms with van der Waals surface area (Å²) in [5, 5.41) is 1.68. The zero-order chi connectivity index (χ0) is 21.1. The molecule has 30 heavy (non-hydrogen) atoms. The number of nitrogens with zero attached hydrogens (tertiary/aromatic N) is 2. The smallest absolute Gasteiger partial charge is 0.265 e. The van der Waals surface area contributed by atoms with Crippen LogP contribution in [0.25, 0.3) is 0 Å². The highest BCUT2D eigenvalue weighted by atomic mass is 32.2. The highest BCUT2D eigenvalue weighted by Crippen LogP contribution is 2.35. The average Bonchev–Trinajstić information content (AvgIpc) is 3.28. The molecule has 0 spiro atoms. The second-order valence-electron chi connectivity index (χ2n) is 7.34. The fraction of sp³-hybridized carbons (Fsp3) is 0.476. The highest BCUT2D eigenvalue weighted by Gasteiger charge is 2.32. The molecule has 9 heteroatoms. The van der Waals surface area contributed by atoms with Gasteiger partial charge in [-0.15, -0.1) is 11.3 Å². The first kappa shape index (κ1) is 21.1. The number of carbonyl (C=O) groups excluding carboxylic acids is 1. The molecule has 1 saturated heterocycles. The number of rotatable bonds is 6. The standard InChI is InChI=1S/C21H26N2O5S2/c1-2-22(15-16-7-6-8-17-19(16)28-13-12-27-17)21(24)20-18(9-14-29-20)30(25,26)23-10-4-3-5-11-23/h6-9,14H,2-5,10-13,15H2,1H3. The number of fused-ring (bicyclic) bond motifs is 1. The van der Waals surface area contributed by atoms with E-state index in [1.807, 2.05) is 25.1 Å². The van der Waals surface area contributed by atoms with Gasteiger partial charge in [0.1, 0.15) is 23.0 Å². The first-order valence-corrected chi connectivity index (χ1v) is 12.6. The topological polar surface area (TPSA) is 76.1 Å². The molecule has 162 valence electrons. The molecule has 2 aromatic rings. The van der Waals surface area contributed by atoms with E-state index in [0.717, 1.165) is 24.8 Å². The molecule has 0 unspecified atom stereocenters. The summed E-state index contributed by atoms with van der Waals surface area (Å²) in [6.45, 7) is 4.64. The molecule has 0 aliphatic carbocycles. The van der Waals surface area contributed by atoms with Crippen LogP contribution in [0.2, 0.25) is 0 Å². The first-order chi connectivity index (χ1) is 14.5. The zero-order valence-corrected chi connectivity index (χ0v) is 18.6. The summed E-state index contributed by atoms with van der Waals surface area (Å²) in [7, 11) is -3.67. The van der Waals surface area contributed by atoms with E-state index in [2.05, 4.69) is 0 Å². The van der Waals surface area contributed by atoms with Crippen LogP contribution < -0.4 is 9.47 Å². The van der Waals surface area contributed by atoms with Crippen LogP contribution in [0, 0.1) is 0 Å². The van der Waals surface area contributed by atoms with Gasteiger partial charge in [0.25, 0.3) is 5.91 Å². The van der Waals surface area contributed by atoms with E-state index in [0.29, 0.717) is 50.9 Å². The lowest BCUT2D eigenvalue weighted by atomic mass is 10.1. The van der Waals surface area contributed by atoms with E-state index in [9.17, 15) is 13.2 Å². The Morgan fingerprint density at radius 1 is 1.13 bits per heavy atom. The zero-order valence-electron chi connectivity index (χ0n) is 17.0. The molecule has 0 atom stereocenters. The van der Waals surface area contributed by atoms with Crippen LogP contribution in [0.5, 0.6) is 11.5 Å². The lowest BCUT2D eigenvalue weighted by Crippen LogP contribution is -2.37. The Kier molecular flexibility index (Phi) is 6.31. The number of para-hydroxylation sites is 1. The minimum Gasteiger partial charge on any atom is -0.486 e. The molecule has 1 aromatic heterocycles. The summed E-state index contributed by atoms with van der Waals surface area (Å²) in [6.07, 6.45) is 2.75. The summed E-state index contributed by atoms with van der Waals surface area (Å²) in [6, 6.07) is 7.18. The Morgan fingerprint density at radius 3 is 2.67 bits per heavy atom. The van der Waals surface area contributed by atoms with Crippen LogP contribution in [-0.4, -0.2) is 56.4 Å². The number of piperidine rings is 1. The van der Waals surface area contributed by atoms with Crippen molar-refractivity contribution in [1.29, 1.82) is 0 Å². The van der Waals surface area contributed by atoms with Gasteiger partial charge in [0.2, 0.25) is 10.0 Å². The van der Waals surface area contributed by atoms with Crippen molar-refractivity contribution in [2.75, 3.05) is 32.8 Å². The van der Waals surface area contributed by atoms with Crippen LogP contribution >= 0.6 is 11.3 Å². The number of benzene rings is 1. The summed E-state index contributed by atoms with van der Waals surface area (Å²) < 4.78 is 39.2. The maximum absolute atomic E-state index is 13.3. The van der Waals surface area contributed by atoms with Crippen molar-refractivity contribution in [2.45, 2.75) is 37.6 Å². The van der Waals surface area contributed by atoms with Crippen LogP contribution in [0.1, 0.15) is 41.4 Å². The minimum absolute atomic E-state index is 0.118. The van der Waals surface area contributed by atoms with Gasteiger partial charge in [-0.05, 0) is 37.3 Å². The van der Waals surface area contributed by atoms with Crippen molar-refractivity contribution >= 4 is 27.3 Å². The molecule has 0 bridgehead atoms. The molecule has 2 aliphatic rings. The van der Waals surface area contributed by atoms with E-state index >= 15 is 0 Å². The third kappa shape index (κ3) is 4.06. The molecule has 4 rings (SSSR count). The fourth-order valence-corrected chi connectivity index (χ4v) is 6.72. The summed E-state index contributed by atoms with van der Waals surface area (Å²) in [5.41, 5.74) is 0.847. The maximum Gasteiger partial charge on any atom is 0.265 e. The van der Waals surface area contributed by atoms with Crippen molar-refractivity contribution in [1.82, 2.24) is 9.21 Å². The van der Waals surface area contributed by atoms with E-state index in [4.69, 9.17) is 9.47 Å². The van der Waals surface area contributed by atoms with Crippen molar-refractivity contribution in [3.05, 3.63) is 40.1 Å². The normalized spacial score (nSPS) is 17.0. The molecule has 2 aliphatic heterocycles. The Balaban J connectivity index is 1.59. The van der Waals surface area contributed by atoms with E-state index in [-0.39, 0.29) is 15.7 Å². The summed E-state index contributed by atoms with van der Waals surface area (Å²) in [5.74, 6) is 1.05. The third-order valence-electron chi connectivity index (χ3n) is 5.43. The van der Waals surface area contributed by atoms with Gasteiger partial charge in [0.05, 0.1) is 0 Å². The first-order valence-electron chi connectivity index (χ1n) is 10.3. The van der Waals surface area contributed by atoms with Crippen LogP contribution in [0.15, 0.2) is 34.5 Å². The molecule has 0 saturated carbocycles. The molecule has 7 nitrogen and oxygen atoms in total. The number of sulfonamides is 1. The Labute approximate surface area is 181 Å². The largest absolute Gasteiger partial charge is 0.486 e. The van der Waals surface area contributed by atoms with Gasteiger partial charge in [-0.2, -0.15) is 4.31 Å². The van der Waals surface area contributed by atoms with Gasteiger partial charge in [-0.3, -0.25) is 4.79 Å². The Morgan fingerprint density at radius 2 is 1.90 bits per heavy atom. The average molecular weight is 451 g/mol. The molecule has 0 N–H and O–H groups in total. The second kappa shape index (κ2) is 8.95. The van der Waals surface area contributed by atoms with Crippen LogP contribution in [-0.2, 0) is 16.6 Å². The quantitative estimate of drug-likeness (QED) is 0.675. The van der Waals surface area contributed by atoms with Crippen molar-refractivity contribution in [3.8, 4) is 11.5 Å². The number of amides is 1. The number of hydrogen-bond acceptors (Lipinski definition) is 6. The predicted molar refractivity (Wildman–Crippen MR) is 115 cm³/mol. The van der Waals surface area contributed by atoms with Gasteiger partial charge in [-0.1, -0.05) is 18.6 Å². The molecule has 0 radical (unpaired) electrons. The van der Waals surface area contributed by atoms with E-state index in [1.165, 1.54) is 15.6 Å². The van der Waals surface area contributed by atoms with Crippen LogP contribution in [0.3, 0.4) is 0 Å². The number of ether oxygens (including phenoxy) is 2. The molecular weight excluding hydrogens is 424 g/mol. The van der Waals surface area contributed by atoms with Gasteiger partial charge in [-0.25, -0.2) is 8.42 Å². The SMILES string of the molecule is CCN(Cc1cccc2c1OCCO2)C(=O)c1sccc1S(=O)(=O)N1CCCCC1. The Bertz CT molecular complexity index is 1010. The number of hydrogen-bond donors (Lipinski definition) is 0. The fourth-order valence-electron chi connectivity index (χ4n) is 3.84. The minimum atomic E-state index is -3.67. The summed E-state index contributed by atoms with van der Waals surface area (Å²) in [4.78, 5) is 15.4. The number of thiophene rings is 1. The molecule has 1 fully saturated rings. The monoisotopic (exact) mass is 450 g/mol. The maximum atomic E-state index is 13.3. The summed E-state index contributed by atoms with van der Waals surface area (Å²) >= 11 is 1.18. The van der Waals surface area contributed by atoms with Crippen molar-refractivity contribution < 1.29 is 22.7 Å². The number of carbonyl (C=O) groups is 1. The lowest BCUT2D eigenvalue weighted by Gasteiger charge is -2.27.